The topological polar surface area (TPSA) is 36.9 Å². The zero-order chi connectivity index (χ0) is 25.3. The van der Waals surface area contributed by atoms with Gasteiger partial charge in [-0.3, -0.25) is 0 Å². The van der Waals surface area contributed by atoms with E-state index in [4.69, 9.17) is 18.9 Å². The maximum absolute atomic E-state index is 5.58. The molecule has 36 heavy (non-hydrogen) atoms. The molecule has 0 atom stereocenters. The molecule has 0 fully saturated rings. The summed E-state index contributed by atoms with van der Waals surface area (Å²) in [7, 11) is 6.59. The number of benzene rings is 4. The van der Waals surface area contributed by atoms with Crippen molar-refractivity contribution in [1.29, 1.82) is 0 Å². The number of hydrogen-bond donors (Lipinski definition) is 0. The molecule has 0 bridgehead atoms. The first kappa shape index (κ1) is 24.7. The van der Waals surface area contributed by atoms with Gasteiger partial charge in [-0.25, -0.2) is 0 Å². The average Bonchev–Trinajstić information content (AvgIpc) is 2.95. The molecule has 0 heterocycles. The Balaban J connectivity index is 1.91. The Kier molecular flexibility index (Phi) is 8.09. The molecular formula is C32H30O4. The standard InChI is InChI=1S/C32H30O4/c1-33-29-19-15-25(21-31(29)35-3)27(23-11-7-5-8-12-23)17-18-28(24-13-9-6-10-14-24)26-16-20-30(34-2)32(22-26)36-4/h5-22H,1-4H3/b27-17+,28-18+. The Hall–Kier alpha value is -4.44. The lowest BCUT2D eigenvalue weighted by molar-refractivity contribution is 0.355. The smallest absolute Gasteiger partial charge is 0.161 e. The second-order valence-electron chi connectivity index (χ2n) is 8.03. The fraction of sp³-hybridized carbons (Fsp3) is 0.125. The van der Waals surface area contributed by atoms with Crippen molar-refractivity contribution in [3.05, 3.63) is 131 Å². The quantitative estimate of drug-likeness (QED) is 0.237. The summed E-state index contributed by atoms with van der Waals surface area (Å²) in [6, 6.07) is 32.6. The highest BCUT2D eigenvalue weighted by Gasteiger charge is 2.12. The van der Waals surface area contributed by atoms with Crippen molar-refractivity contribution in [2.75, 3.05) is 28.4 Å². The van der Waals surface area contributed by atoms with Crippen LogP contribution in [0.1, 0.15) is 22.3 Å². The van der Waals surface area contributed by atoms with Crippen LogP contribution in [-0.2, 0) is 0 Å². The van der Waals surface area contributed by atoms with Crippen molar-refractivity contribution in [1.82, 2.24) is 0 Å². The molecule has 0 spiro atoms. The van der Waals surface area contributed by atoms with Crippen LogP contribution in [0, 0.1) is 0 Å². The highest BCUT2D eigenvalue weighted by atomic mass is 16.5. The lowest BCUT2D eigenvalue weighted by Gasteiger charge is -2.14. The second-order valence-corrected chi connectivity index (χ2v) is 8.03. The van der Waals surface area contributed by atoms with Crippen LogP contribution in [-0.4, -0.2) is 28.4 Å². The molecule has 4 nitrogen and oxygen atoms in total. The molecular weight excluding hydrogens is 448 g/mol. The van der Waals surface area contributed by atoms with E-state index in [-0.39, 0.29) is 0 Å². The molecule has 0 aliphatic carbocycles. The van der Waals surface area contributed by atoms with Crippen LogP contribution in [0.25, 0.3) is 11.1 Å². The Morgan fingerprint density at radius 2 is 0.778 bits per heavy atom. The van der Waals surface area contributed by atoms with Crippen LogP contribution in [0.5, 0.6) is 23.0 Å². The molecule has 0 aliphatic rings. The number of rotatable bonds is 9. The van der Waals surface area contributed by atoms with Gasteiger partial charge in [0, 0.05) is 0 Å². The van der Waals surface area contributed by atoms with Gasteiger partial charge in [0.2, 0.25) is 0 Å². The molecule has 0 saturated heterocycles. The largest absolute Gasteiger partial charge is 0.493 e. The third kappa shape index (κ3) is 5.44. The molecule has 0 saturated carbocycles. The van der Waals surface area contributed by atoms with E-state index in [0.29, 0.717) is 23.0 Å². The molecule has 0 amide bonds. The SMILES string of the molecule is COc1ccc(/C(=C/C=C(\c2ccccc2)c2ccc(OC)c(OC)c2)c2ccccc2)cc1OC. The average molecular weight is 479 g/mol. The lowest BCUT2D eigenvalue weighted by atomic mass is 9.93. The second kappa shape index (κ2) is 11.8. The van der Waals surface area contributed by atoms with Crippen molar-refractivity contribution >= 4 is 11.1 Å². The van der Waals surface area contributed by atoms with Crippen molar-refractivity contribution < 1.29 is 18.9 Å². The van der Waals surface area contributed by atoms with Crippen LogP contribution >= 0.6 is 0 Å². The normalized spacial score (nSPS) is 11.7. The van der Waals surface area contributed by atoms with E-state index in [9.17, 15) is 0 Å². The monoisotopic (exact) mass is 478 g/mol. The van der Waals surface area contributed by atoms with Gasteiger partial charge in [-0.1, -0.05) is 84.9 Å². The van der Waals surface area contributed by atoms with Crippen LogP contribution in [0.3, 0.4) is 0 Å². The fourth-order valence-corrected chi connectivity index (χ4v) is 4.13. The van der Waals surface area contributed by atoms with Gasteiger partial charge in [0.25, 0.3) is 0 Å². The molecule has 4 aromatic rings. The van der Waals surface area contributed by atoms with Crippen molar-refractivity contribution in [3.63, 3.8) is 0 Å². The van der Waals surface area contributed by atoms with E-state index >= 15 is 0 Å². The predicted molar refractivity (Wildman–Crippen MR) is 146 cm³/mol. The summed E-state index contributed by atoms with van der Waals surface area (Å²) in [4.78, 5) is 0. The van der Waals surface area contributed by atoms with Gasteiger partial charge in [-0.05, 0) is 57.7 Å². The van der Waals surface area contributed by atoms with Gasteiger partial charge in [-0.15, -0.1) is 0 Å². The van der Waals surface area contributed by atoms with E-state index in [1.54, 1.807) is 28.4 Å². The van der Waals surface area contributed by atoms with Gasteiger partial charge in [0.15, 0.2) is 23.0 Å². The lowest BCUT2D eigenvalue weighted by Crippen LogP contribution is -1.95. The van der Waals surface area contributed by atoms with Gasteiger partial charge in [-0.2, -0.15) is 0 Å². The maximum Gasteiger partial charge on any atom is 0.161 e. The van der Waals surface area contributed by atoms with Gasteiger partial charge in [0.1, 0.15) is 0 Å². The first-order chi connectivity index (χ1) is 17.7. The summed E-state index contributed by atoms with van der Waals surface area (Å²) in [5.41, 5.74) is 6.36. The molecule has 0 aliphatic heterocycles. The van der Waals surface area contributed by atoms with Crippen LogP contribution in [0.2, 0.25) is 0 Å². The summed E-state index contributed by atoms with van der Waals surface area (Å²) in [5.74, 6) is 2.76. The van der Waals surface area contributed by atoms with Gasteiger partial charge in [0.05, 0.1) is 28.4 Å². The molecule has 0 aromatic heterocycles. The molecule has 4 aromatic carbocycles. The third-order valence-electron chi connectivity index (χ3n) is 5.98. The number of hydrogen-bond acceptors (Lipinski definition) is 4. The van der Waals surface area contributed by atoms with Crippen molar-refractivity contribution in [2.45, 2.75) is 0 Å². The number of ether oxygens (including phenoxy) is 4. The molecule has 0 radical (unpaired) electrons. The Morgan fingerprint density at radius 3 is 1.11 bits per heavy atom. The predicted octanol–water partition coefficient (Wildman–Crippen LogP) is 7.28. The highest BCUT2D eigenvalue weighted by Crippen LogP contribution is 2.35. The molecule has 0 N–H and O–H groups in total. The molecule has 0 unspecified atom stereocenters. The zero-order valence-corrected chi connectivity index (χ0v) is 21.0. The van der Waals surface area contributed by atoms with Crippen LogP contribution < -0.4 is 18.9 Å². The first-order valence-electron chi connectivity index (χ1n) is 11.7. The van der Waals surface area contributed by atoms with Crippen molar-refractivity contribution in [3.8, 4) is 23.0 Å². The van der Waals surface area contributed by atoms with E-state index in [2.05, 4.69) is 36.4 Å². The number of methoxy groups -OCH3 is 4. The first-order valence-corrected chi connectivity index (χ1v) is 11.7. The maximum atomic E-state index is 5.58. The van der Waals surface area contributed by atoms with Crippen molar-refractivity contribution in [2.24, 2.45) is 0 Å². The highest BCUT2D eigenvalue weighted by molar-refractivity contribution is 5.87. The Bertz CT molecular complexity index is 1250. The van der Waals surface area contributed by atoms with E-state index in [0.717, 1.165) is 33.4 Å². The van der Waals surface area contributed by atoms with Gasteiger partial charge >= 0.3 is 0 Å². The summed E-state index contributed by atoms with van der Waals surface area (Å²) >= 11 is 0. The Morgan fingerprint density at radius 1 is 0.417 bits per heavy atom. The summed E-state index contributed by atoms with van der Waals surface area (Å²) in [5, 5.41) is 0. The van der Waals surface area contributed by atoms with Crippen LogP contribution in [0.15, 0.2) is 109 Å². The summed E-state index contributed by atoms with van der Waals surface area (Å²) < 4.78 is 22.1. The zero-order valence-electron chi connectivity index (χ0n) is 21.0. The fourth-order valence-electron chi connectivity index (χ4n) is 4.13. The van der Waals surface area contributed by atoms with E-state index in [1.807, 2.05) is 72.8 Å². The third-order valence-corrected chi connectivity index (χ3v) is 5.98. The number of allylic oxidation sites excluding steroid dienone is 2. The summed E-state index contributed by atoms with van der Waals surface area (Å²) in [6.07, 6.45) is 4.30. The minimum atomic E-state index is 0.684. The summed E-state index contributed by atoms with van der Waals surface area (Å²) in [6.45, 7) is 0. The minimum absolute atomic E-state index is 0.684. The van der Waals surface area contributed by atoms with E-state index < -0.39 is 0 Å². The molecule has 4 heteroatoms. The van der Waals surface area contributed by atoms with Crippen LogP contribution in [0.4, 0.5) is 0 Å². The van der Waals surface area contributed by atoms with Gasteiger partial charge < -0.3 is 18.9 Å². The van der Waals surface area contributed by atoms with E-state index in [1.165, 1.54) is 0 Å². The Labute approximate surface area is 213 Å². The molecule has 4 rings (SSSR count). The molecule has 182 valence electrons. The minimum Gasteiger partial charge on any atom is -0.493 e.